The van der Waals surface area contributed by atoms with Crippen molar-refractivity contribution in [1.82, 2.24) is 0 Å². The average molecular weight is 426 g/mol. The lowest BCUT2D eigenvalue weighted by Crippen LogP contribution is -2.00. The third kappa shape index (κ3) is 2.38. The number of benzene rings is 4. The molecule has 0 aliphatic heterocycles. The van der Waals surface area contributed by atoms with Crippen molar-refractivity contribution in [2.45, 2.75) is 0 Å². The molecule has 0 amide bonds. The predicted octanol–water partition coefficient (Wildman–Crippen LogP) is 7.14. The van der Waals surface area contributed by atoms with Crippen LogP contribution in [-0.4, -0.2) is 0 Å². The van der Waals surface area contributed by atoms with Gasteiger partial charge < -0.3 is 0 Å². The molecule has 5 rings (SSSR count). The first-order chi connectivity index (χ1) is 12.1. The minimum Gasteiger partial charge on any atom is -0.289 e. The summed E-state index contributed by atoms with van der Waals surface area (Å²) in [5.74, 6) is 0. The summed E-state index contributed by atoms with van der Waals surface area (Å²) in [6.45, 7) is 0. The number of hydrogen-bond donors (Lipinski definition) is 0. The van der Waals surface area contributed by atoms with Gasteiger partial charge in [-0.25, -0.2) is 0 Å². The van der Waals surface area contributed by atoms with Crippen LogP contribution in [0.4, 0.5) is 0 Å². The van der Waals surface area contributed by atoms with Gasteiger partial charge in [-0.3, -0.25) is 4.79 Å². The van der Waals surface area contributed by atoms with Crippen molar-refractivity contribution >= 4 is 80.6 Å². The van der Waals surface area contributed by atoms with Crippen LogP contribution in [0.1, 0.15) is 0 Å². The lowest BCUT2D eigenvalue weighted by molar-refractivity contribution is 1.74. The summed E-state index contributed by atoms with van der Waals surface area (Å²) >= 11 is 11.3. The molecule has 120 valence electrons. The van der Waals surface area contributed by atoms with Crippen molar-refractivity contribution in [3.8, 4) is 0 Å². The molecular weight excluding hydrogens is 416 g/mol. The van der Waals surface area contributed by atoms with Crippen molar-refractivity contribution in [1.29, 1.82) is 0 Å². The second-order valence-electron chi connectivity index (χ2n) is 6.08. The van der Waals surface area contributed by atoms with Crippen molar-refractivity contribution in [3.63, 3.8) is 0 Å². The zero-order valence-electron chi connectivity index (χ0n) is 12.8. The topological polar surface area (TPSA) is 17.1 Å². The highest BCUT2D eigenvalue weighted by molar-refractivity contribution is 9.10. The minimum atomic E-state index is 0.0420. The molecule has 4 aromatic carbocycles. The quantitative estimate of drug-likeness (QED) is 0.241. The molecule has 0 radical (unpaired) electrons. The van der Waals surface area contributed by atoms with Crippen LogP contribution in [-0.2, 0) is 0 Å². The average Bonchev–Trinajstić information content (AvgIpc) is 2.60. The van der Waals surface area contributed by atoms with Crippen LogP contribution >= 0.6 is 38.9 Å². The molecule has 0 saturated carbocycles. The molecule has 0 bridgehead atoms. The van der Waals surface area contributed by atoms with E-state index in [0.29, 0.717) is 10.4 Å². The Labute approximate surface area is 160 Å². The Bertz CT molecular complexity index is 1390. The van der Waals surface area contributed by atoms with Crippen LogP contribution in [0, 0.1) is 0 Å². The van der Waals surface area contributed by atoms with Crippen molar-refractivity contribution in [2.24, 2.45) is 0 Å². The number of hydrogen-bond acceptors (Lipinski definition) is 2. The molecule has 0 unspecified atom stereocenters. The van der Waals surface area contributed by atoms with E-state index >= 15 is 0 Å². The monoisotopic (exact) mass is 424 g/mol. The lowest BCUT2D eigenvalue weighted by atomic mass is 10.0. The maximum absolute atomic E-state index is 13.0. The summed E-state index contributed by atoms with van der Waals surface area (Å²) in [5, 5.41) is 6.56. The van der Waals surface area contributed by atoms with Crippen LogP contribution in [0.2, 0.25) is 5.02 Å². The molecule has 0 spiro atoms. The van der Waals surface area contributed by atoms with E-state index in [2.05, 4.69) is 40.2 Å². The molecular formula is C21H10BrClOS. The van der Waals surface area contributed by atoms with Gasteiger partial charge in [0.05, 0.1) is 0 Å². The van der Waals surface area contributed by atoms with E-state index in [0.717, 1.165) is 35.4 Å². The van der Waals surface area contributed by atoms with Gasteiger partial charge in [0.25, 0.3) is 0 Å². The summed E-state index contributed by atoms with van der Waals surface area (Å²) in [4.78, 5) is 13.0. The van der Waals surface area contributed by atoms with Crippen LogP contribution in [0.25, 0.3) is 41.7 Å². The zero-order valence-corrected chi connectivity index (χ0v) is 16.0. The second-order valence-corrected chi connectivity index (χ2v) is 8.45. The largest absolute Gasteiger partial charge is 0.289 e. The fraction of sp³-hybridized carbons (Fsp3) is 0. The van der Waals surface area contributed by atoms with Gasteiger partial charge >= 0.3 is 0 Å². The summed E-state index contributed by atoms with van der Waals surface area (Å²) in [7, 11) is 0. The Morgan fingerprint density at radius 3 is 2.40 bits per heavy atom. The highest BCUT2D eigenvalue weighted by atomic mass is 79.9. The molecule has 25 heavy (non-hydrogen) atoms. The fourth-order valence-corrected chi connectivity index (χ4v) is 5.06. The van der Waals surface area contributed by atoms with Crippen molar-refractivity contribution in [2.75, 3.05) is 0 Å². The van der Waals surface area contributed by atoms with E-state index < -0.39 is 0 Å². The fourth-order valence-electron chi connectivity index (χ4n) is 3.31. The van der Waals surface area contributed by atoms with E-state index in [4.69, 9.17) is 11.6 Å². The second kappa shape index (κ2) is 5.53. The number of rotatable bonds is 0. The Hall–Kier alpha value is -1.94. The first-order valence-corrected chi connectivity index (χ1v) is 9.77. The van der Waals surface area contributed by atoms with E-state index in [1.807, 2.05) is 30.3 Å². The minimum absolute atomic E-state index is 0.0420. The van der Waals surface area contributed by atoms with Crippen molar-refractivity contribution < 1.29 is 0 Å². The molecule has 0 aliphatic rings. The summed E-state index contributed by atoms with van der Waals surface area (Å²) in [6, 6.07) is 20.1. The maximum atomic E-state index is 13.0. The Kier molecular flexibility index (Phi) is 3.39. The standard InChI is InChI=1S/C21H10BrClOS/c22-18-3-1-2-11-6-12-9-20-16(8-13(12)7-15(11)18)21(24)17-10-14(23)4-5-19(17)25-20/h1-10H. The van der Waals surface area contributed by atoms with Gasteiger partial charge in [-0.1, -0.05) is 39.7 Å². The molecule has 0 fully saturated rings. The van der Waals surface area contributed by atoms with Crippen LogP contribution < -0.4 is 5.43 Å². The molecule has 1 nitrogen and oxygen atoms in total. The molecule has 0 atom stereocenters. The SMILES string of the molecule is O=c1c2cc(Cl)ccc2sc2cc3cc4cccc(Br)c4cc3cc12. The highest BCUT2D eigenvalue weighted by Crippen LogP contribution is 2.33. The molecule has 0 aliphatic carbocycles. The Morgan fingerprint density at radius 1 is 0.760 bits per heavy atom. The Morgan fingerprint density at radius 2 is 1.52 bits per heavy atom. The van der Waals surface area contributed by atoms with E-state index in [-0.39, 0.29) is 5.43 Å². The number of halogens is 2. The summed E-state index contributed by atoms with van der Waals surface area (Å²) in [5.41, 5.74) is 0.0420. The van der Waals surface area contributed by atoms with Gasteiger partial charge in [0.15, 0.2) is 5.43 Å². The smallest absolute Gasteiger partial charge is 0.195 e. The van der Waals surface area contributed by atoms with Crippen LogP contribution in [0.15, 0.2) is 69.9 Å². The first-order valence-electron chi connectivity index (χ1n) is 7.78. The van der Waals surface area contributed by atoms with Crippen molar-refractivity contribution in [3.05, 3.63) is 80.4 Å². The Balaban J connectivity index is 1.96. The molecule has 0 N–H and O–H groups in total. The van der Waals surface area contributed by atoms with Crippen LogP contribution in [0.5, 0.6) is 0 Å². The van der Waals surface area contributed by atoms with Gasteiger partial charge in [-0.2, -0.15) is 0 Å². The summed E-state index contributed by atoms with van der Waals surface area (Å²) < 4.78 is 3.02. The van der Waals surface area contributed by atoms with Gasteiger partial charge in [0, 0.05) is 29.7 Å². The number of fused-ring (bicyclic) bond motifs is 4. The maximum Gasteiger partial charge on any atom is 0.195 e. The van der Waals surface area contributed by atoms with Gasteiger partial charge in [0.1, 0.15) is 0 Å². The first kappa shape index (κ1) is 15.3. The third-order valence-corrected chi connectivity index (χ3v) is 6.59. The molecule has 1 aromatic heterocycles. The van der Waals surface area contributed by atoms with Crippen LogP contribution in [0.3, 0.4) is 0 Å². The van der Waals surface area contributed by atoms with E-state index in [9.17, 15) is 4.79 Å². The molecule has 0 saturated heterocycles. The van der Waals surface area contributed by atoms with Gasteiger partial charge in [-0.15, -0.1) is 11.3 Å². The van der Waals surface area contributed by atoms with E-state index in [1.54, 1.807) is 17.4 Å². The zero-order chi connectivity index (χ0) is 17.1. The molecule has 4 heteroatoms. The normalized spacial score (nSPS) is 11.8. The van der Waals surface area contributed by atoms with Gasteiger partial charge in [0.2, 0.25) is 0 Å². The lowest BCUT2D eigenvalue weighted by Gasteiger charge is -2.07. The molecule has 1 heterocycles. The third-order valence-electron chi connectivity index (χ3n) is 4.53. The molecule has 5 aromatic rings. The highest BCUT2D eigenvalue weighted by Gasteiger charge is 2.09. The summed E-state index contributed by atoms with van der Waals surface area (Å²) in [6.07, 6.45) is 0. The predicted molar refractivity (Wildman–Crippen MR) is 113 cm³/mol. The van der Waals surface area contributed by atoms with Gasteiger partial charge in [-0.05, 0) is 70.1 Å². The van der Waals surface area contributed by atoms with E-state index in [1.165, 1.54) is 5.39 Å².